The Bertz CT molecular complexity index is 332. The third-order valence-electron chi connectivity index (χ3n) is 3.20. The normalized spacial score (nSPS) is 15.8. The van der Waals surface area contributed by atoms with Gasteiger partial charge in [0.1, 0.15) is 0 Å². The predicted molar refractivity (Wildman–Crippen MR) is 79.1 cm³/mol. The molecule has 0 amide bonds. The van der Waals surface area contributed by atoms with Crippen LogP contribution in [-0.2, 0) is 0 Å². The van der Waals surface area contributed by atoms with Crippen LogP contribution in [0.3, 0.4) is 0 Å². The highest BCUT2D eigenvalue weighted by Gasteiger charge is 2.16. The molecule has 0 spiro atoms. The highest BCUT2D eigenvalue weighted by atomic mass is 16.3. The zero-order valence-electron chi connectivity index (χ0n) is 11.6. The molecule has 19 heavy (non-hydrogen) atoms. The quantitative estimate of drug-likeness (QED) is 0.549. The van der Waals surface area contributed by atoms with Gasteiger partial charge in [-0.3, -0.25) is 0 Å². The van der Waals surface area contributed by atoms with Crippen molar-refractivity contribution in [3.05, 3.63) is 30.3 Å². The summed E-state index contributed by atoms with van der Waals surface area (Å²) in [5.41, 5.74) is 7.03. The minimum Gasteiger partial charge on any atom is -0.390 e. The zero-order valence-corrected chi connectivity index (χ0v) is 11.6. The van der Waals surface area contributed by atoms with E-state index in [2.05, 4.69) is 5.32 Å². The fourth-order valence-electron chi connectivity index (χ4n) is 1.97. The lowest BCUT2D eigenvalue weighted by Crippen LogP contribution is -2.33. The van der Waals surface area contributed by atoms with Crippen molar-refractivity contribution >= 4 is 5.69 Å². The highest BCUT2D eigenvalue weighted by molar-refractivity contribution is 5.42. The average Bonchev–Trinajstić information content (AvgIpc) is 2.43. The van der Waals surface area contributed by atoms with E-state index in [1.165, 1.54) is 0 Å². The van der Waals surface area contributed by atoms with Crippen LogP contribution in [0.4, 0.5) is 5.69 Å². The molecule has 0 radical (unpaired) electrons. The van der Waals surface area contributed by atoms with Gasteiger partial charge in [-0.25, -0.2) is 0 Å². The number of nitrogens with one attached hydrogen (secondary N) is 1. The van der Waals surface area contributed by atoms with Crippen LogP contribution < -0.4 is 11.1 Å². The summed E-state index contributed by atoms with van der Waals surface area (Å²) in [6.07, 6.45) is 1.46. The summed E-state index contributed by atoms with van der Waals surface area (Å²) in [6.45, 7) is 2.66. The number of anilines is 1. The van der Waals surface area contributed by atoms with E-state index in [1.54, 1.807) is 0 Å². The number of aliphatic hydroxyl groups is 2. The minimum atomic E-state index is -0.664. The van der Waals surface area contributed by atoms with Gasteiger partial charge in [-0.05, 0) is 31.4 Å². The molecule has 5 N–H and O–H groups in total. The monoisotopic (exact) mass is 266 g/mol. The lowest BCUT2D eigenvalue weighted by molar-refractivity contribution is 0.00775. The Morgan fingerprint density at radius 3 is 2.32 bits per heavy atom. The first-order chi connectivity index (χ1) is 9.13. The number of para-hydroxylation sites is 1. The van der Waals surface area contributed by atoms with Crippen LogP contribution in [0.5, 0.6) is 0 Å². The first-order valence-corrected chi connectivity index (χ1v) is 7.04. The molecule has 108 valence electrons. The van der Waals surface area contributed by atoms with Gasteiger partial charge in [0.25, 0.3) is 0 Å². The Balaban J connectivity index is 2.19. The second-order valence-electron chi connectivity index (χ2n) is 5.01. The molecule has 0 saturated carbocycles. The minimum absolute atomic E-state index is 0.0244. The van der Waals surface area contributed by atoms with Gasteiger partial charge in [-0.2, -0.15) is 0 Å². The Hall–Kier alpha value is -1.10. The molecule has 1 rings (SSSR count). The summed E-state index contributed by atoms with van der Waals surface area (Å²) in [7, 11) is 0. The van der Waals surface area contributed by atoms with E-state index in [0.29, 0.717) is 25.8 Å². The first kappa shape index (κ1) is 16.0. The summed E-state index contributed by atoms with van der Waals surface area (Å²) in [5.74, 6) is 0. The summed E-state index contributed by atoms with van der Waals surface area (Å²) >= 11 is 0. The van der Waals surface area contributed by atoms with Crippen molar-refractivity contribution in [2.75, 3.05) is 11.9 Å². The van der Waals surface area contributed by atoms with Crippen molar-refractivity contribution in [2.45, 2.75) is 50.9 Å². The van der Waals surface area contributed by atoms with E-state index in [4.69, 9.17) is 5.73 Å². The number of rotatable bonds is 9. The summed E-state index contributed by atoms with van der Waals surface area (Å²) in [6, 6.07) is 9.87. The molecule has 3 atom stereocenters. The molecule has 1 aromatic carbocycles. The van der Waals surface area contributed by atoms with Crippen LogP contribution in [0.25, 0.3) is 0 Å². The van der Waals surface area contributed by atoms with E-state index in [9.17, 15) is 10.2 Å². The van der Waals surface area contributed by atoms with Gasteiger partial charge < -0.3 is 21.3 Å². The van der Waals surface area contributed by atoms with Crippen molar-refractivity contribution in [1.29, 1.82) is 0 Å². The fraction of sp³-hybridized carbons (Fsp3) is 0.600. The van der Waals surface area contributed by atoms with Crippen molar-refractivity contribution in [3.63, 3.8) is 0 Å². The maximum atomic E-state index is 9.76. The van der Waals surface area contributed by atoms with Gasteiger partial charge in [0.2, 0.25) is 0 Å². The molecule has 3 unspecified atom stereocenters. The Labute approximate surface area is 115 Å². The largest absolute Gasteiger partial charge is 0.390 e. The highest BCUT2D eigenvalue weighted by Crippen LogP contribution is 2.10. The second-order valence-corrected chi connectivity index (χ2v) is 5.01. The molecule has 0 heterocycles. The maximum absolute atomic E-state index is 9.76. The zero-order chi connectivity index (χ0) is 14.1. The molecule has 0 aliphatic carbocycles. The number of benzene rings is 1. The van der Waals surface area contributed by atoms with Crippen molar-refractivity contribution in [3.8, 4) is 0 Å². The summed E-state index contributed by atoms with van der Waals surface area (Å²) in [4.78, 5) is 0. The lowest BCUT2D eigenvalue weighted by Gasteiger charge is -2.19. The van der Waals surface area contributed by atoms with Crippen LogP contribution in [-0.4, -0.2) is 35.0 Å². The molecule has 4 nitrogen and oxygen atoms in total. The van der Waals surface area contributed by atoms with Crippen molar-refractivity contribution < 1.29 is 10.2 Å². The van der Waals surface area contributed by atoms with Crippen LogP contribution in [0.15, 0.2) is 30.3 Å². The number of hydrogen-bond donors (Lipinski definition) is 4. The topological polar surface area (TPSA) is 78.5 Å². The fourth-order valence-corrected chi connectivity index (χ4v) is 1.97. The van der Waals surface area contributed by atoms with Gasteiger partial charge in [0, 0.05) is 18.3 Å². The number of aliphatic hydroxyl groups excluding tert-OH is 2. The second kappa shape index (κ2) is 8.91. The molecule has 0 aromatic heterocycles. The third kappa shape index (κ3) is 6.57. The Morgan fingerprint density at radius 2 is 1.68 bits per heavy atom. The first-order valence-electron chi connectivity index (χ1n) is 7.04. The SMILES string of the molecule is CCCC(O)C(O)CCC(N)CNc1ccccc1. The van der Waals surface area contributed by atoms with E-state index in [1.807, 2.05) is 37.3 Å². The summed E-state index contributed by atoms with van der Waals surface area (Å²) < 4.78 is 0. The third-order valence-corrected chi connectivity index (χ3v) is 3.20. The maximum Gasteiger partial charge on any atom is 0.0799 e. The molecular formula is C15H26N2O2. The molecule has 4 heteroatoms. The molecule has 0 aliphatic rings. The average molecular weight is 266 g/mol. The van der Waals surface area contributed by atoms with Gasteiger partial charge >= 0.3 is 0 Å². The lowest BCUT2D eigenvalue weighted by atomic mass is 10.0. The summed E-state index contributed by atoms with van der Waals surface area (Å²) in [5, 5.41) is 22.6. The molecule has 0 fully saturated rings. The van der Waals surface area contributed by atoms with Crippen molar-refractivity contribution in [1.82, 2.24) is 0 Å². The molecule has 0 saturated heterocycles. The molecular weight excluding hydrogens is 240 g/mol. The van der Waals surface area contributed by atoms with Crippen LogP contribution in [0.2, 0.25) is 0 Å². The van der Waals surface area contributed by atoms with Crippen LogP contribution >= 0.6 is 0 Å². The van der Waals surface area contributed by atoms with E-state index >= 15 is 0 Å². The van der Waals surface area contributed by atoms with Gasteiger partial charge in [0.05, 0.1) is 12.2 Å². The van der Waals surface area contributed by atoms with Gasteiger partial charge in [0.15, 0.2) is 0 Å². The number of hydrogen-bond acceptors (Lipinski definition) is 4. The smallest absolute Gasteiger partial charge is 0.0799 e. The van der Waals surface area contributed by atoms with Gasteiger partial charge in [-0.15, -0.1) is 0 Å². The molecule has 0 aliphatic heterocycles. The van der Waals surface area contributed by atoms with E-state index < -0.39 is 12.2 Å². The predicted octanol–water partition coefficient (Wildman–Crippen LogP) is 1.73. The number of nitrogens with two attached hydrogens (primary N) is 1. The van der Waals surface area contributed by atoms with E-state index in [0.717, 1.165) is 12.1 Å². The Morgan fingerprint density at radius 1 is 1.05 bits per heavy atom. The standard InChI is InChI=1S/C15H26N2O2/c1-2-6-14(18)15(19)10-9-12(16)11-17-13-7-4-3-5-8-13/h3-5,7-8,12,14-15,17-19H,2,6,9-11,16H2,1H3. The molecule has 0 bridgehead atoms. The van der Waals surface area contributed by atoms with E-state index in [-0.39, 0.29) is 6.04 Å². The molecule has 1 aromatic rings. The Kier molecular flexibility index (Phi) is 7.48. The van der Waals surface area contributed by atoms with Crippen LogP contribution in [0.1, 0.15) is 32.6 Å². The van der Waals surface area contributed by atoms with Crippen LogP contribution in [0, 0.1) is 0 Å². The van der Waals surface area contributed by atoms with Crippen molar-refractivity contribution in [2.24, 2.45) is 5.73 Å². The van der Waals surface area contributed by atoms with Gasteiger partial charge in [-0.1, -0.05) is 31.5 Å².